The van der Waals surface area contributed by atoms with Gasteiger partial charge >= 0.3 is 0 Å². The molecule has 0 spiro atoms. The SMILES string of the molecule is CC(C)N1C2CCCC21C(C)C. The zero-order chi connectivity index (χ0) is 8.93. The third-order valence-electron chi connectivity index (χ3n) is 3.94. The van der Waals surface area contributed by atoms with Gasteiger partial charge in [0.15, 0.2) is 0 Å². The van der Waals surface area contributed by atoms with Crippen LogP contribution in [0.15, 0.2) is 0 Å². The van der Waals surface area contributed by atoms with Crippen LogP contribution < -0.4 is 0 Å². The molecule has 3 unspecified atom stereocenters. The van der Waals surface area contributed by atoms with Gasteiger partial charge in [0.2, 0.25) is 0 Å². The lowest BCUT2D eigenvalue weighted by molar-refractivity contribution is 0.259. The van der Waals surface area contributed by atoms with Gasteiger partial charge < -0.3 is 0 Å². The maximum atomic E-state index is 2.74. The monoisotopic (exact) mass is 167 g/mol. The van der Waals surface area contributed by atoms with Crippen molar-refractivity contribution in [2.45, 2.75) is 64.6 Å². The second-order valence-corrected chi connectivity index (χ2v) is 5.05. The van der Waals surface area contributed by atoms with Gasteiger partial charge in [-0.1, -0.05) is 13.8 Å². The van der Waals surface area contributed by atoms with Crippen LogP contribution in [0.1, 0.15) is 47.0 Å². The summed E-state index contributed by atoms with van der Waals surface area (Å²) in [6, 6.07) is 1.70. The Kier molecular flexibility index (Phi) is 1.76. The molecule has 2 aliphatic rings. The van der Waals surface area contributed by atoms with Crippen LogP contribution in [0.25, 0.3) is 0 Å². The van der Waals surface area contributed by atoms with Gasteiger partial charge in [0.1, 0.15) is 0 Å². The number of hydrogen-bond donors (Lipinski definition) is 0. The maximum absolute atomic E-state index is 2.74. The molecule has 1 aliphatic heterocycles. The second-order valence-electron chi connectivity index (χ2n) is 5.05. The Morgan fingerprint density at radius 3 is 2.25 bits per heavy atom. The predicted molar refractivity (Wildman–Crippen MR) is 52.2 cm³/mol. The molecule has 0 N–H and O–H groups in total. The lowest BCUT2D eigenvalue weighted by atomic mass is 9.92. The smallest absolute Gasteiger partial charge is 0.0394 e. The standard InChI is InChI=1S/C11H21N/c1-8(2)11-7-5-6-10(11)12(11)9(3)4/h8-10H,5-7H2,1-4H3. The molecule has 1 saturated heterocycles. The first-order valence-electron chi connectivity index (χ1n) is 5.39. The van der Waals surface area contributed by atoms with E-state index < -0.39 is 0 Å². The Hall–Kier alpha value is -0.0400. The molecule has 70 valence electrons. The summed E-state index contributed by atoms with van der Waals surface area (Å²) in [5, 5.41) is 0. The van der Waals surface area contributed by atoms with Gasteiger partial charge in [-0.25, -0.2) is 0 Å². The average Bonchev–Trinajstić information content (AvgIpc) is 2.44. The van der Waals surface area contributed by atoms with Crippen molar-refractivity contribution in [3.05, 3.63) is 0 Å². The summed E-state index contributed by atoms with van der Waals surface area (Å²) >= 11 is 0. The minimum atomic E-state index is 0.633. The minimum absolute atomic E-state index is 0.633. The Labute approximate surface area is 76.1 Å². The molecule has 12 heavy (non-hydrogen) atoms. The lowest BCUT2D eigenvalue weighted by Gasteiger charge is -2.22. The fourth-order valence-corrected chi connectivity index (χ4v) is 3.51. The molecule has 0 aromatic heterocycles. The Balaban J connectivity index is 2.15. The summed E-state index contributed by atoms with van der Waals surface area (Å²) in [7, 11) is 0. The number of nitrogens with zero attached hydrogens (tertiary/aromatic N) is 1. The van der Waals surface area contributed by atoms with Crippen molar-refractivity contribution in [1.82, 2.24) is 4.90 Å². The Bertz CT molecular complexity index is 185. The van der Waals surface area contributed by atoms with Gasteiger partial charge in [0.25, 0.3) is 0 Å². The summed E-state index contributed by atoms with van der Waals surface area (Å²) < 4.78 is 0. The largest absolute Gasteiger partial charge is 0.289 e. The molecule has 0 bridgehead atoms. The van der Waals surface area contributed by atoms with E-state index in [4.69, 9.17) is 0 Å². The van der Waals surface area contributed by atoms with Gasteiger partial charge in [0, 0.05) is 17.6 Å². The third-order valence-corrected chi connectivity index (χ3v) is 3.94. The van der Waals surface area contributed by atoms with E-state index in [0.29, 0.717) is 5.54 Å². The van der Waals surface area contributed by atoms with E-state index in [0.717, 1.165) is 18.0 Å². The summed E-state index contributed by atoms with van der Waals surface area (Å²) in [6.45, 7) is 9.45. The van der Waals surface area contributed by atoms with Crippen molar-refractivity contribution in [2.75, 3.05) is 0 Å². The minimum Gasteiger partial charge on any atom is -0.289 e. The van der Waals surface area contributed by atoms with Crippen molar-refractivity contribution in [3.8, 4) is 0 Å². The Morgan fingerprint density at radius 1 is 1.25 bits per heavy atom. The van der Waals surface area contributed by atoms with Gasteiger partial charge in [-0.3, -0.25) is 4.90 Å². The van der Waals surface area contributed by atoms with Crippen LogP contribution >= 0.6 is 0 Å². The molecule has 1 aliphatic carbocycles. The van der Waals surface area contributed by atoms with Crippen LogP contribution in [0.5, 0.6) is 0 Å². The number of piperidine rings is 1. The number of likely N-dealkylation sites (tertiary alicyclic amines) is 1. The summed E-state index contributed by atoms with van der Waals surface area (Å²) in [6.07, 6.45) is 4.37. The first-order chi connectivity index (χ1) is 5.60. The molecule has 1 heterocycles. The molecular formula is C11H21N. The topological polar surface area (TPSA) is 3.01 Å². The molecule has 0 amide bonds. The summed E-state index contributed by atoms with van der Waals surface area (Å²) in [5.41, 5.74) is 0.633. The highest BCUT2D eigenvalue weighted by Gasteiger charge is 2.66. The first-order valence-corrected chi connectivity index (χ1v) is 5.39. The molecule has 0 aromatic carbocycles. The van der Waals surface area contributed by atoms with Gasteiger partial charge in [-0.2, -0.15) is 0 Å². The predicted octanol–water partition coefficient (Wildman–Crippen LogP) is 2.66. The zero-order valence-corrected chi connectivity index (χ0v) is 8.80. The van der Waals surface area contributed by atoms with Crippen molar-refractivity contribution >= 4 is 0 Å². The molecule has 2 rings (SSSR count). The van der Waals surface area contributed by atoms with Crippen molar-refractivity contribution in [1.29, 1.82) is 0 Å². The van der Waals surface area contributed by atoms with Crippen LogP contribution in [-0.2, 0) is 0 Å². The van der Waals surface area contributed by atoms with E-state index >= 15 is 0 Å². The highest BCUT2D eigenvalue weighted by molar-refractivity contribution is 5.22. The first kappa shape index (κ1) is 8.55. The Morgan fingerprint density at radius 2 is 1.92 bits per heavy atom. The van der Waals surface area contributed by atoms with Crippen LogP contribution in [-0.4, -0.2) is 22.5 Å². The number of hydrogen-bond acceptors (Lipinski definition) is 1. The molecule has 2 fully saturated rings. The second kappa shape index (κ2) is 2.47. The highest BCUT2D eigenvalue weighted by atomic mass is 15.4. The van der Waals surface area contributed by atoms with E-state index in [9.17, 15) is 0 Å². The van der Waals surface area contributed by atoms with E-state index in [-0.39, 0.29) is 0 Å². The van der Waals surface area contributed by atoms with Gasteiger partial charge in [-0.05, 0) is 39.0 Å². The number of rotatable bonds is 2. The summed E-state index contributed by atoms with van der Waals surface area (Å²) in [5.74, 6) is 0.854. The number of fused-ring (bicyclic) bond motifs is 1. The third kappa shape index (κ3) is 0.834. The van der Waals surface area contributed by atoms with Crippen molar-refractivity contribution in [2.24, 2.45) is 5.92 Å². The van der Waals surface area contributed by atoms with Gasteiger partial charge in [0.05, 0.1) is 0 Å². The fraction of sp³-hybridized carbons (Fsp3) is 1.00. The van der Waals surface area contributed by atoms with E-state index in [1.165, 1.54) is 19.3 Å². The molecule has 1 heteroatoms. The fourth-order valence-electron chi connectivity index (χ4n) is 3.51. The molecule has 3 atom stereocenters. The van der Waals surface area contributed by atoms with Crippen LogP contribution in [0.2, 0.25) is 0 Å². The molecule has 0 aromatic rings. The lowest BCUT2D eigenvalue weighted by Crippen LogP contribution is -2.28. The average molecular weight is 167 g/mol. The normalized spacial score (nSPS) is 45.5. The summed E-state index contributed by atoms with van der Waals surface area (Å²) in [4.78, 5) is 2.74. The molecule has 0 radical (unpaired) electrons. The van der Waals surface area contributed by atoms with E-state index in [1.54, 1.807) is 0 Å². The molecule has 1 nitrogen and oxygen atoms in total. The quantitative estimate of drug-likeness (QED) is 0.571. The van der Waals surface area contributed by atoms with Crippen LogP contribution in [0, 0.1) is 5.92 Å². The highest BCUT2D eigenvalue weighted by Crippen LogP contribution is 2.58. The maximum Gasteiger partial charge on any atom is 0.0394 e. The van der Waals surface area contributed by atoms with Crippen LogP contribution in [0.4, 0.5) is 0 Å². The molecular weight excluding hydrogens is 146 g/mol. The van der Waals surface area contributed by atoms with Crippen molar-refractivity contribution < 1.29 is 0 Å². The van der Waals surface area contributed by atoms with Crippen LogP contribution in [0.3, 0.4) is 0 Å². The van der Waals surface area contributed by atoms with E-state index in [2.05, 4.69) is 32.6 Å². The molecule has 1 saturated carbocycles. The van der Waals surface area contributed by atoms with E-state index in [1.807, 2.05) is 0 Å². The zero-order valence-electron chi connectivity index (χ0n) is 8.80. The van der Waals surface area contributed by atoms with Gasteiger partial charge in [-0.15, -0.1) is 0 Å². The van der Waals surface area contributed by atoms with Crippen molar-refractivity contribution in [3.63, 3.8) is 0 Å².